The number of alkyl carbamates (subject to hydrolysis) is 1. The molecule has 0 aliphatic heterocycles. The molecule has 1 unspecified atom stereocenters. The summed E-state index contributed by atoms with van der Waals surface area (Å²) in [6.45, 7) is 7.64. The fraction of sp³-hybridized carbons (Fsp3) is 0.593. The number of carbonyl (C=O) groups excluding carboxylic acids is 2. The summed E-state index contributed by atoms with van der Waals surface area (Å²) in [5.74, 6) is 0.122. The van der Waals surface area contributed by atoms with E-state index in [0.717, 1.165) is 31.2 Å². The summed E-state index contributed by atoms with van der Waals surface area (Å²) in [6, 6.07) is 8.36. The molecule has 2 aromatic carbocycles. The van der Waals surface area contributed by atoms with Crippen LogP contribution in [0, 0.1) is 11.8 Å². The van der Waals surface area contributed by atoms with E-state index in [4.69, 9.17) is 4.74 Å². The minimum Gasteiger partial charge on any atom is -0.449 e. The lowest BCUT2D eigenvalue weighted by Gasteiger charge is -2.32. The van der Waals surface area contributed by atoms with Gasteiger partial charge in [0.1, 0.15) is 12.1 Å². The van der Waals surface area contributed by atoms with E-state index in [1.165, 1.54) is 6.42 Å². The summed E-state index contributed by atoms with van der Waals surface area (Å²) in [4.78, 5) is 37.9. The Balaban J connectivity index is 1.61. The van der Waals surface area contributed by atoms with Gasteiger partial charge in [-0.05, 0) is 50.5 Å². The fourth-order valence-electron chi connectivity index (χ4n) is 4.60. The highest BCUT2D eigenvalue weighted by atomic mass is 16.5. The Morgan fingerprint density at radius 1 is 1.12 bits per heavy atom. The Morgan fingerprint density at radius 3 is 2.38 bits per heavy atom. The molecule has 1 saturated carbocycles. The van der Waals surface area contributed by atoms with E-state index >= 15 is 0 Å². The molecule has 2 atom stereocenters. The van der Waals surface area contributed by atoms with Gasteiger partial charge in [-0.1, -0.05) is 63.4 Å². The summed E-state index contributed by atoms with van der Waals surface area (Å²) >= 11 is 0. The number of nitrogens with one attached hydrogen (secondary N) is 2. The lowest BCUT2D eigenvalue weighted by molar-refractivity contribution is -0.126. The molecule has 0 spiro atoms. The van der Waals surface area contributed by atoms with Crippen molar-refractivity contribution in [2.75, 3.05) is 6.61 Å². The Bertz CT molecular complexity index is 969. The second-order valence-corrected chi connectivity index (χ2v) is 10.5. The smallest absolute Gasteiger partial charge is 0.407 e. The van der Waals surface area contributed by atoms with Gasteiger partial charge in [-0.3, -0.25) is 9.59 Å². The minimum atomic E-state index is -1.17. The lowest BCUT2D eigenvalue weighted by atomic mass is 9.90. The Hall–Kier alpha value is -2.67. The third-order valence-corrected chi connectivity index (χ3v) is 6.63. The zero-order chi connectivity index (χ0) is 24.9. The molecule has 0 bridgehead atoms. The number of carbonyl (C=O) groups is 2. The number of hydrogen-bond acceptors (Lipinski definition) is 5. The van der Waals surface area contributed by atoms with Crippen LogP contribution in [-0.2, 0) is 9.53 Å². The maximum Gasteiger partial charge on any atom is 0.407 e. The van der Waals surface area contributed by atoms with Crippen LogP contribution >= 0.6 is 0 Å². The van der Waals surface area contributed by atoms with Gasteiger partial charge in [-0.25, -0.2) is 4.79 Å². The van der Waals surface area contributed by atoms with Gasteiger partial charge in [-0.2, -0.15) is 0 Å². The van der Waals surface area contributed by atoms with Crippen molar-refractivity contribution in [2.45, 2.75) is 83.9 Å². The standard InChI is InChI=1S/C27H38N2O5/c1-17(2)15-20(28-26(33)34-16-18-11-7-5-8-12-18)25(32)29-27(3,4)24(31)22-21(23(22)30)19-13-9-6-10-14-19/h6,9-10,13-14,17-18,20,24,31H,5,7-8,11-12,15-16H2,1-4H3,(H,28,33)(H,29,32)/t20-,24?/m0/s1. The number of hydrogen-bond donors (Lipinski definition) is 3. The zero-order valence-electron chi connectivity index (χ0n) is 20.7. The van der Waals surface area contributed by atoms with E-state index in [-0.39, 0.29) is 11.3 Å². The second kappa shape index (κ2) is 11.2. The van der Waals surface area contributed by atoms with Gasteiger partial charge in [0.2, 0.25) is 5.91 Å². The van der Waals surface area contributed by atoms with Crippen LogP contribution in [0.25, 0.3) is 11.1 Å². The first-order chi connectivity index (χ1) is 16.1. The van der Waals surface area contributed by atoms with E-state index in [9.17, 15) is 19.5 Å². The van der Waals surface area contributed by atoms with Gasteiger partial charge in [0.05, 0.1) is 12.1 Å². The summed E-state index contributed by atoms with van der Waals surface area (Å²) in [5, 5.41) is 16.5. The monoisotopic (exact) mass is 470 g/mol. The van der Waals surface area contributed by atoms with Gasteiger partial charge >= 0.3 is 6.09 Å². The summed E-state index contributed by atoms with van der Waals surface area (Å²) < 4.78 is 5.42. The predicted octanol–water partition coefficient (Wildman–Crippen LogP) is 4.24. The molecule has 0 saturated heterocycles. The number of benzene rings is 1. The number of amides is 2. The van der Waals surface area contributed by atoms with Crippen LogP contribution in [0.4, 0.5) is 4.79 Å². The maximum absolute atomic E-state index is 13.1. The van der Waals surface area contributed by atoms with Crippen LogP contribution < -0.4 is 16.1 Å². The van der Waals surface area contributed by atoms with Gasteiger partial charge in [-0.15, -0.1) is 0 Å². The third kappa shape index (κ3) is 6.69. The van der Waals surface area contributed by atoms with Crippen LogP contribution in [-0.4, -0.2) is 35.3 Å². The van der Waals surface area contributed by atoms with Crippen molar-refractivity contribution in [1.82, 2.24) is 10.6 Å². The van der Waals surface area contributed by atoms with Crippen molar-refractivity contribution in [3.8, 4) is 11.1 Å². The van der Waals surface area contributed by atoms with Crippen molar-refractivity contribution in [1.29, 1.82) is 0 Å². The molecule has 34 heavy (non-hydrogen) atoms. The van der Waals surface area contributed by atoms with Crippen molar-refractivity contribution in [3.63, 3.8) is 0 Å². The topological polar surface area (TPSA) is 105 Å². The van der Waals surface area contributed by atoms with Crippen LogP contribution in [0.3, 0.4) is 0 Å². The quantitative estimate of drug-likeness (QED) is 0.482. The lowest BCUT2D eigenvalue weighted by Crippen LogP contribution is -2.55. The van der Waals surface area contributed by atoms with Crippen molar-refractivity contribution < 1.29 is 19.4 Å². The molecule has 1 fully saturated rings. The highest BCUT2D eigenvalue weighted by molar-refractivity contribution is 5.86. The second-order valence-electron chi connectivity index (χ2n) is 10.5. The van der Waals surface area contributed by atoms with Crippen molar-refractivity contribution >= 4 is 12.0 Å². The highest BCUT2D eigenvalue weighted by Gasteiger charge is 2.41. The van der Waals surface area contributed by atoms with Gasteiger partial charge in [0, 0.05) is 11.1 Å². The molecular weight excluding hydrogens is 432 g/mol. The molecular formula is C27H38N2O5. The number of aliphatic hydroxyl groups excluding tert-OH is 1. The first kappa shape index (κ1) is 25.9. The Morgan fingerprint density at radius 2 is 1.76 bits per heavy atom. The fourth-order valence-corrected chi connectivity index (χ4v) is 4.60. The number of rotatable bonds is 10. The summed E-state index contributed by atoms with van der Waals surface area (Å²) in [7, 11) is 0. The van der Waals surface area contributed by atoms with Crippen molar-refractivity contribution in [3.05, 3.63) is 46.1 Å². The van der Waals surface area contributed by atoms with Crippen LogP contribution in [0.5, 0.6) is 0 Å². The van der Waals surface area contributed by atoms with E-state index in [1.807, 2.05) is 44.2 Å². The Kier molecular flexibility index (Phi) is 8.52. The average molecular weight is 471 g/mol. The maximum atomic E-state index is 13.1. The predicted molar refractivity (Wildman–Crippen MR) is 132 cm³/mol. The normalized spacial score (nSPS) is 16.9. The SMILES string of the molecule is CC(C)C[C@H](NC(=O)OCC1CCCCC1)C(=O)NC(C)(C)C(O)c1c(-c2ccccc2)c1=O. The summed E-state index contributed by atoms with van der Waals surface area (Å²) in [5.41, 5.74) is 0.268. The van der Waals surface area contributed by atoms with E-state index in [1.54, 1.807) is 13.8 Å². The number of ether oxygens (including phenoxy) is 1. The molecule has 1 aliphatic rings. The van der Waals surface area contributed by atoms with Gasteiger partial charge in [0.25, 0.3) is 0 Å². The molecule has 0 aromatic heterocycles. The van der Waals surface area contributed by atoms with E-state index in [2.05, 4.69) is 10.6 Å². The molecule has 0 heterocycles. The molecule has 3 N–H and O–H groups in total. The first-order valence-electron chi connectivity index (χ1n) is 12.4. The van der Waals surface area contributed by atoms with Crippen LogP contribution in [0.1, 0.15) is 77.9 Å². The third-order valence-electron chi connectivity index (χ3n) is 6.63. The molecule has 1 aliphatic carbocycles. The van der Waals surface area contributed by atoms with E-state index < -0.39 is 29.7 Å². The molecule has 186 valence electrons. The van der Waals surface area contributed by atoms with Crippen LogP contribution in [0.2, 0.25) is 0 Å². The largest absolute Gasteiger partial charge is 0.449 e. The first-order valence-corrected chi connectivity index (χ1v) is 12.4. The highest BCUT2D eigenvalue weighted by Crippen LogP contribution is 2.35. The minimum absolute atomic E-state index is 0.153. The molecule has 2 amide bonds. The van der Waals surface area contributed by atoms with Crippen LogP contribution in [0.15, 0.2) is 35.1 Å². The molecule has 3 rings (SSSR count). The Labute approximate surface area is 202 Å². The molecule has 7 heteroatoms. The number of aliphatic hydroxyl groups is 1. The van der Waals surface area contributed by atoms with Gasteiger partial charge < -0.3 is 20.5 Å². The zero-order valence-corrected chi connectivity index (χ0v) is 20.7. The average Bonchev–Trinajstić information content (AvgIpc) is 3.47. The molecule has 7 nitrogen and oxygen atoms in total. The van der Waals surface area contributed by atoms with Gasteiger partial charge in [0.15, 0.2) is 5.43 Å². The molecule has 2 aromatic rings. The van der Waals surface area contributed by atoms with E-state index in [0.29, 0.717) is 30.1 Å². The molecule has 0 radical (unpaired) electrons. The van der Waals surface area contributed by atoms with Crippen molar-refractivity contribution in [2.24, 2.45) is 11.8 Å². The summed E-state index contributed by atoms with van der Waals surface area (Å²) in [6.07, 6.45) is 4.34.